The first-order chi connectivity index (χ1) is 9.70. The molecule has 0 spiro atoms. The van der Waals surface area contributed by atoms with Gasteiger partial charge in [0.05, 0.1) is 12.7 Å². The Bertz CT molecular complexity index is 482. The van der Waals surface area contributed by atoms with Crippen molar-refractivity contribution >= 4 is 11.9 Å². The number of urea groups is 1. The number of amides is 3. The van der Waals surface area contributed by atoms with Crippen LogP contribution in [-0.2, 0) is 0 Å². The third kappa shape index (κ3) is 3.73. The second-order valence-electron chi connectivity index (χ2n) is 4.96. The van der Waals surface area contributed by atoms with Crippen LogP contribution >= 0.6 is 0 Å². The minimum atomic E-state index is -0.448. The van der Waals surface area contributed by atoms with E-state index in [2.05, 4.69) is 10.6 Å². The number of hydrogen-bond acceptors (Lipinski definition) is 3. The lowest BCUT2D eigenvalue weighted by atomic mass is 9.96. The average Bonchev–Trinajstić information content (AvgIpc) is 2.48. The van der Waals surface area contributed by atoms with Crippen LogP contribution in [0.4, 0.5) is 4.79 Å². The SMILES string of the molecule is COc1ccccc1C(=O)NC(=O)NC1CCCCC1. The molecule has 3 amide bonds. The van der Waals surface area contributed by atoms with Crippen LogP contribution in [-0.4, -0.2) is 25.1 Å². The number of para-hydroxylation sites is 1. The first-order valence-electron chi connectivity index (χ1n) is 6.95. The highest BCUT2D eigenvalue weighted by Gasteiger charge is 2.18. The molecular formula is C15H20N2O3. The molecule has 0 aliphatic heterocycles. The summed E-state index contributed by atoms with van der Waals surface area (Å²) >= 11 is 0. The molecule has 0 unspecified atom stereocenters. The number of carbonyl (C=O) groups is 2. The number of ether oxygens (including phenoxy) is 1. The fraction of sp³-hybridized carbons (Fsp3) is 0.467. The molecule has 0 radical (unpaired) electrons. The van der Waals surface area contributed by atoms with Gasteiger partial charge in [0.15, 0.2) is 0 Å². The maximum absolute atomic E-state index is 12.0. The Labute approximate surface area is 118 Å². The molecule has 2 rings (SSSR count). The van der Waals surface area contributed by atoms with Gasteiger partial charge in [-0.05, 0) is 25.0 Å². The van der Waals surface area contributed by atoms with Crippen molar-refractivity contribution in [2.75, 3.05) is 7.11 Å². The van der Waals surface area contributed by atoms with Crippen molar-refractivity contribution < 1.29 is 14.3 Å². The van der Waals surface area contributed by atoms with Gasteiger partial charge < -0.3 is 10.1 Å². The van der Waals surface area contributed by atoms with Crippen molar-refractivity contribution in [2.45, 2.75) is 38.1 Å². The average molecular weight is 276 g/mol. The Morgan fingerprint density at radius 3 is 2.55 bits per heavy atom. The van der Waals surface area contributed by atoms with Crippen LogP contribution < -0.4 is 15.4 Å². The van der Waals surface area contributed by atoms with E-state index in [1.807, 2.05) is 0 Å². The lowest BCUT2D eigenvalue weighted by Crippen LogP contribution is -2.45. The number of benzene rings is 1. The van der Waals surface area contributed by atoms with Gasteiger partial charge in [-0.3, -0.25) is 10.1 Å². The summed E-state index contributed by atoms with van der Waals surface area (Å²) in [6, 6.07) is 6.56. The molecule has 1 aromatic rings. The molecule has 1 saturated carbocycles. The van der Waals surface area contributed by atoms with E-state index in [4.69, 9.17) is 4.74 Å². The molecule has 1 aromatic carbocycles. The van der Waals surface area contributed by atoms with Crippen molar-refractivity contribution in [3.8, 4) is 5.75 Å². The van der Waals surface area contributed by atoms with E-state index >= 15 is 0 Å². The fourth-order valence-electron chi connectivity index (χ4n) is 2.47. The van der Waals surface area contributed by atoms with Crippen LogP contribution in [0.15, 0.2) is 24.3 Å². The molecule has 0 heterocycles. The van der Waals surface area contributed by atoms with Gasteiger partial charge in [-0.25, -0.2) is 4.79 Å². The quantitative estimate of drug-likeness (QED) is 0.891. The highest BCUT2D eigenvalue weighted by Crippen LogP contribution is 2.18. The predicted octanol–water partition coefficient (Wildman–Crippen LogP) is 2.47. The van der Waals surface area contributed by atoms with E-state index in [-0.39, 0.29) is 6.04 Å². The van der Waals surface area contributed by atoms with Gasteiger partial charge in [0, 0.05) is 6.04 Å². The third-order valence-electron chi connectivity index (χ3n) is 3.52. The summed E-state index contributed by atoms with van der Waals surface area (Å²) in [7, 11) is 1.49. The lowest BCUT2D eigenvalue weighted by Gasteiger charge is -2.22. The van der Waals surface area contributed by atoms with E-state index in [0.717, 1.165) is 25.7 Å². The molecule has 0 bridgehead atoms. The van der Waals surface area contributed by atoms with Gasteiger partial charge >= 0.3 is 6.03 Å². The smallest absolute Gasteiger partial charge is 0.321 e. The largest absolute Gasteiger partial charge is 0.496 e. The van der Waals surface area contributed by atoms with E-state index in [1.54, 1.807) is 24.3 Å². The minimum absolute atomic E-state index is 0.175. The van der Waals surface area contributed by atoms with Crippen molar-refractivity contribution in [1.82, 2.24) is 10.6 Å². The zero-order chi connectivity index (χ0) is 14.4. The second kappa shape index (κ2) is 6.93. The number of hydrogen-bond donors (Lipinski definition) is 2. The number of nitrogens with one attached hydrogen (secondary N) is 2. The lowest BCUT2D eigenvalue weighted by molar-refractivity contribution is 0.0960. The summed E-state index contributed by atoms with van der Waals surface area (Å²) in [6.45, 7) is 0. The molecule has 5 nitrogen and oxygen atoms in total. The molecule has 0 aromatic heterocycles. The van der Waals surface area contributed by atoms with E-state index in [1.165, 1.54) is 13.5 Å². The molecular weight excluding hydrogens is 256 g/mol. The Morgan fingerprint density at radius 2 is 1.85 bits per heavy atom. The zero-order valence-electron chi connectivity index (χ0n) is 11.6. The second-order valence-corrected chi connectivity index (χ2v) is 4.96. The molecule has 2 N–H and O–H groups in total. The first-order valence-corrected chi connectivity index (χ1v) is 6.95. The molecule has 0 saturated heterocycles. The first kappa shape index (κ1) is 14.4. The highest BCUT2D eigenvalue weighted by molar-refractivity contribution is 6.05. The summed E-state index contributed by atoms with van der Waals surface area (Å²) in [5, 5.41) is 5.19. The van der Waals surface area contributed by atoms with Crippen molar-refractivity contribution in [3.05, 3.63) is 29.8 Å². The fourth-order valence-corrected chi connectivity index (χ4v) is 2.47. The monoisotopic (exact) mass is 276 g/mol. The number of carbonyl (C=O) groups excluding carboxylic acids is 2. The normalized spacial score (nSPS) is 15.4. The van der Waals surface area contributed by atoms with Crippen LogP contribution in [0.3, 0.4) is 0 Å². The summed E-state index contributed by atoms with van der Waals surface area (Å²) in [4.78, 5) is 23.8. The van der Waals surface area contributed by atoms with Crippen LogP contribution in [0.2, 0.25) is 0 Å². The Morgan fingerprint density at radius 1 is 1.15 bits per heavy atom. The van der Waals surface area contributed by atoms with E-state index in [9.17, 15) is 9.59 Å². The topological polar surface area (TPSA) is 67.4 Å². The minimum Gasteiger partial charge on any atom is -0.496 e. The maximum Gasteiger partial charge on any atom is 0.321 e. The Hall–Kier alpha value is -2.04. The van der Waals surface area contributed by atoms with Crippen molar-refractivity contribution in [2.24, 2.45) is 0 Å². The predicted molar refractivity (Wildman–Crippen MR) is 75.9 cm³/mol. The number of rotatable bonds is 3. The summed E-state index contributed by atoms with van der Waals surface area (Å²) in [5.74, 6) is 0.00576. The molecule has 1 aliphatic rings. The van der Waals surface area contributed by atoms with Gasteiger partial charge in [-0.15, -0.1) is 0 Å². The van der Waals surface area contributed by atoms with Gasteiger partial charge in [-0.1, -0.05) is 31.4 Å². The maximum atomic E-state index is 12.0. The molecule has 20 heavy (non-hydrogen) atoms. The van der Waals surface area contributed by atoms with Gasteiger partial charge in [0.1, 0.15) is 5.75 Å². The van der Waals surface area contributed by atoms with Crippen LogP contribution in [0.1, 0.15) is 42.5 Å². The zero-order valence-corrected chi connectivity index (χ0v) is 11.6. The van der Waals surface area contributed by atoms with Crippen molar-refractivity contribution in [3.63, 3.8) is 0 Å². The third-order valence-corrected chi connectivity index (χ3v) is 3.52. The van der Waals surface area contributed by atoms with Gasteiger partial charge in [-0.2, -0.15) is 0 Å². The highest BCUT2D eigenvalue weighted by atomic mass is 16.5. The van der Waals surface area contributed by atoms with Crippen molar-refractivity contribution in [1.29, 1.82) is 0 Å². The van der Waals surface area contributed by atoms with Crippen LogP contribution in [0.5, 0.6) is 5.75 Å². The molecule has 5 heteroatoms. The van der Waals surface area contributed by atoms with Crippen LogP contribution in [0.25, 0.3) is 0 Å². The molecule has 1 fully saturated rings. The number of imide groups is 1. The summed E-state index contributed by atoms with van der Waals surface area (Å²) in [6.07, 6.45) is 5.45. The van der Waals surface area contributed by atoms with E-state index in [0.29, 0.717) is 11.3 Å². The Balaban J connectivity index is 1.91. The summed E-state index contributed by atoms with van der Waals surface area (Å²) in [5.41, 5.74) is 0.355. The number of methoxy groups -OCH3 is 1. The molecule has 108 valence electrons. The van der Waals surface area contributed by atoms with Gasteiger partial charge in [0.2, 0.25) is 0 Å². The molecule has 1 aliphatic carbocycles. The standard InChI is InChI=1S/C15H20N2O3/c1-20-13-10-6-5-9-12(13)14(18)17-15(19)16-11-7-3-2-4-8-11/h5-6,9-11H,2-4,7-8H2,1H3,(H2,16,17,18,19). The molecule has 0 atom stereocenters. The van der Waals surface area contributed by atoms with Crippen LogP contribution in [0, 0.1) is 0 Å². The van der Waals surface area contributed by atoms with E-state index < -0.39 is 11.9 Å². The summed E-state index contributed by atoms with van der Waals surface area (Å²) < 4.78 is 5.11. The van der Waals surface area contributed by atoms with Gasteiger partial charge in [0.25, 0.3) is 5.91 Å². The Kier molecular flexibility index (Phi) is 4.98.